The Morgan fingerprint density at radius 2 is 1.73 bits per heavy atom. The molecule has 0 fully saturated rings. The van der Waals surface area contributed by atoms with Crippen LogP contribution < -0.4 is 5.32 Å². The van der Waals surface area contributed by atoms with Crippen LogP contribution in [0.4, 0.5) is 14.9 Å². The molecule has 3 aromatic carbocycles. The number of aliphatic imine (C=N–C) groups is 1. The van der Waals surface area contributed by atoms with Crippen LogP contribution in [0.5, 0.6) is 0 Å². The summed E-state index contributed by atoms with van der Waals surface area (Å²) < 4.78 is 19.5. The Morgan fingerprint density at radius 1 is 1.03 bits per heavy atom. The number of carbonyl (C=O) groups excluding carboxylic acids is 1. The highest BCUT2D eigenvalue weighted by atomic mass is 19.1. The van der Waals surface area contributed by atoms with E-state index in [0.717, 1.165) is 53.6 Å². The van der Waals surface area contributed by atoms with Gasteiger partial charge >= 0.3 is 6.09 Å². The molecule has 1 amide bonds. The van der Waals surface area contributed by atoms with Crippen LogP contribution in [0.2, 0.25) is 0 Å². The number of amides is 1. The molecule has 1 atom stereocenters. The van der Waals surface area contributed by atoms with Gasteiger partial charge in [-0.15, -0.1) is 0 Å². The maximum atomic E-state index is 14.5. The normalized spacial score (nSPS) is 15.2. The van der Waals surface area contributed by atoms with Crippen molar-refractivity contribution in [3.8, 4) is 11.1 Å². The molecule has 3 aromatic rings. The molecule has 1 heterocycles. The molecule has 170 valence electrons. The number of aryl methyl sites for hydroxylation is 1. The van der Waals surface area contributed by atoms with E-state index in [-0.39, 0.29) is 11.9 Å². The number of rotatable bonds is 7. The first-order valence-electron chi connectivity index (χ1n) is 11.6. The monoisotopic (exact) mass is 444 g/mol. The largest absolute Gasteiger partial charge is 0.449 e. The second kappa shape index (κ2) is 10.4. The van der Waals surface area contributed by atoms with Gasteiger partial charge in [-0.2, -0.15) is 0 Å². The fourth-order valence-electron chi connectivity index (χ4n) is 4.20. The van der Waals surface area contributed by atoms with Crippen molar-refractivity contribution in [2.24, 2.45) is 4.99 Å². The predicted octanol–water partition coefficient (Wildman–Crippen LogP) is 7.34. The first-order chi connectivity index (χ1) is 16.1. The number of halogens is 1. The lowest BCUT2D eigenvalue weighted by Gasteiger charge is -2.10. The number of hydrogen-bond acceptors (Lipinski definition) is 3. The number of hydrogen-bond donors (Lipinski definition) is 1. The molecule has 1 N–H and O–H groups in total. The van der Waals surface area contributed by atoms with Crippen molar-refractivity contribution in [1.82, 2.24) is 0 Å². The third-order valence-electron chi connectivity index (χ3n) is 5.93. The Labute approximate surface area is 194 Å². The number of nitrogens with one attached hydrogen (secondary N) is 1. The highest BCUT2D eigenvalue weighted by molar-refractivity contribution is 6.03. The van der Waals surface area contributed by atoms with Gasteiger partial charge in [-0.25, -0.2) is 9.18 Å². The molecular formula is C28H29FN2O2. The third-order valence-corrected chi connectivity index (χ3v) is 5.93. The van der Waals surface area contributed by atoms with Crippen molar-refractivity contribution in [1.29, 1.82) is 0 Å². The smallest absolute Gasteiger partial charge is 0.411 e. The van der Waals surface area contributed by atoms with E-state index < -0.39 is 6.09 Å². The van der Waals surface area contributed by atoms with Gasteiger partial charge in [0.15, 0.2) is 0 Å². The van der Waals surface area contributed by atoms with Crippen molar-refractivity contribution < 1.29 is 13.9 Å². The lowest BCUT2D eigenvalue weighted by Crippen LogP contribution is -2.13. The van der Waals surface area contributed by atoms with Crippen LogP contribution in [0.25, 0.3) is 11.1 Å². The molecule has 0 radical (unpaired) electrons. The summed E-state index contributed by atoms with van der Waals surface area (Å²) >= 11 is 0. The Bertz CT molecular complexity index is 1140. The molecule has 5 heteroatoms. The summed E-state index contributed by atoms with van der Waals surface area (Å²) in [5.74, 6) is -0.180. The summed E-state index contributed by atoms with van der Waals surface area (Å²) in [6.07, 6.45) is 2.82. The first-order valence-corrected chi connectivity index (χ1v) is 11.6. The zero-order valence-electron chi connectivity index (χ0n) is 19.1. The van der Waals surface area contributed by atoms with Crippen molar-refractivity contribution in [3.05, 3.63) is 89.2 Å². The van der Waals surface area contributed by atoms with Crippen molar-refractivity contribution in [3.63, 3.8) is 0 Å². The summed E-state index contributed by atoms with van der Waals surface area (Å²) in [5.41, 5.74) is 6.56. The van der Waals surface area contributed by atoms with Gasteiger partial charge in [-0.05, 0) is 66.1 Å². The quantitative estimate of drug-likeness (QED) is 0.414. The van der Waals surface area contributed by atoms with Crippen LogP contribution in [-0.2, 0) is 11.2 Å². The van der Waals surface area contributed by atoms with Gasteiger partial charge in [-0.3, -0.25) is 10.3 Å². The molecular weight excluding hydrogens is 415 g/mol. The Morgan fingerprint density at radius 3 is 2.39 bits per heavy atom. The molecule has 0 spiro atoms. The maximum absolute atomic E-state index is 14.5. The number of benzene rings is 3. The van der Waals surface area contributed by atoms with Crippen molar-refractivity contribution >= 4 is 17.5 Å². The molecule has 4 nitrogen and oxygen atoms in total. The van der Waals surface area contributed by atoms with Gasteiger partial charge in [0, 0.05) is 17.0 Å². The van der Waals surface area contributed by atoms with Crippen LogP contribution in [0.15, 0.2) is 71.7 Å². The summed E-state index contributed by atoms with van der Waals surface area (Å²) in [5, 5.41) is 2.73. The van der Waals surface area contributed by atoms with Crippen LogP contribution in [-0.4, -0.2) is 18.4 Å². The third kappa shape index (κ3) is 5.30. The Hall–Kier alpha value is -3.47. The van der Waals surface area contributed by atoms with Crippen LogP contribution >= 0.6 is 0 Å². The molecule has 0 aromatic heterocycles. The summed E-state index contributed by atoms with van der Waals surface area (Å²) in [6, 6.07) is 21.4. The molecule has 1 unspecified atom stereocenters. The van der Waals surface area contributed by atoms with Gasteiger partial charge in [0.2, 0.25) is 0 Å². The SMILES string of the molecule is CCCOC(=O)Nc1ccc(-c2ccc(C3CCC(c4c(F)cccc4CC)=N3)cc2)cc1. The van der Waals surface area contributed by atoms with Crippen LogP contribution in [0.3, 0.4) is 0 Å². The summed E-state index contributed by atoms with van der Waals surface area (Å²) in [4.78, 5) is 16.6. The standard InChI is InChI=1S/C28H29FN2O2/c1-3-18-33-28(32)30-23-14-12-21(13-15-23)20-8-10-22(11-9-20)25-16-17-26(31-25)27-19(4-2)6-5-7-24(27)29/h5-15,25H,3-4,16-18H2,1-2H3,(H,30,32). The zero-order chi connectivity index (χ0) is 23.2. The fraction of sp³-hybridized carbons (Fsp3) is 0.286. The van der Waals surface area contributed by atoms with Gasteiger partial charge in [0.05, 0.1) is 12.6 Å². The predicted molar refractivity (Wildman–Crippen MR) is 131 cm³/mol. The summed E-state index contributed by atoms with van der Waals surface area (Å²) in [6.45, 7) is 4.41. The van der Waals surface area contributed by atoms with E-state index in [4.69, 9.17) is 9.73 Å². The molecule has 0 saturated carbocycles. The van der Waals surface area contributed by atoms with Crippen LogP contribution in [0, 0.1) is 5.82 Å². The first kappa shape index (κ1) is 22.7. The maximum Gasteiger partial charge on any atom is 0.411 e. The summed E-state index contributed by atoms with van der Waals surface area (Å²) in [7, 11) is 0. The van der Waals surface area contributed by atoms with E-state index in [1.54, 1.807) is 6.07 Å². The molecule has 1 aliphatic rings. The minimum atomic E-state index is -0.438. The van der Waals surface area contributed by atoms with Crippen molar-refractivity contribution in [2.45, 2.75) is 45.6 Å². The Kier molecular flexibility index (Phi) is 7.18. The number of carbonyl (C=O) groups is 1. The Balaban J connectivity index is 1.45. The molecule has 1 aliphatic heterocycles. The van der Waals surface area contributed by atoms with E-state index in [1.807, 2.05) is 44.2 Å². The van der Waals surface area contributed by atoms with Gasteiger partial charge in [-0.1, -0.05) is 62.4 Å². The highest BCUT2D eigenvalue weighted by Gasteiger charge is 2.23. The lowest BCUT2D eigenvalue weighted by atomic mass is 9.97. The minimum absolute atomic E-state index is 0.0547. The van der Waals surface area contributed by atoms with Crippen molar-refractivity contribution in [2.75, 3.05) is 11.9 Å². The molecule has 33 heavy (non-hydrogen) atoms. The van der Waals surface area contributed by atoms with E-state index in [2.05, 4.69) is 29.6 Å². The van der Waals surface area contributed by atoms with Crippen LogP contribution in [0.1, 0.15) is 55.8 Å². The topological polar surface area (TPSA) is 50.7 Å². The second-order valence-corrected chi connectivity index (χ2v) is 8.22. The van der Waals surface area contributed by atoms with E-state index in [1.165, 1.54) is 6.07 Å². The average molecular weight is 445 g/mol. The number of nitrogens with zero attached hydrogens (tertiary/aromatic N) is 1. The average Bonchev–Trinajstić information content (AvgIpc) is 3.33. The number of ether oxygens (including phenoxy) is 1. The zero-order valence-corrected chi connectivity index (χ0v) is 19.1. The van der Waals surface area contributed by atoms with Gasteiger partial charge < -0.3 is 4.74 Å². The van der Waals surface area contributed by atoms with E-state index in [0.29, 0.717) is 17.9 Å². The highest BCUT2D eigenvalue weighted by Crippen LogP contribution is 2.34. The van der Waals surface area contributed by atoms with E-state index in [9.17, 15) is 9.18 Å². The molecule has 0 bridgehead atoms. The molecule has 4 rings (SSSR count). The molecule has 0 aliphatic carbocycles. The lowest BCUT2D eigenvalue weighted by molar-refractivity contribution is 0.161. The fourth-order valence-corrected chi connectivity index (χ4v) is 4.20. The second-order valence-electron chi connectivity index (χ2n) is 8.22. The molecule has 0 saturated heterocycles. The minimum Gasteiger partial charge on any atom is -0.449 e. The van der Waals surface area contributed by atoms with Gasteiger partial charge in [0.1, 0.15) is 5.82 Å². The number of anilines is 1. The van der Waals surface area contributed by atoms with E-state index >= 15 is 0 Å². The van der Waals surface area contributed by atoms with Gasteiger partial charge in [0.25, 0.3) is 0 Å².